The van der Waals surface area contributed by atoms with Crippen molar-refractivity contribution in [3.8, 4) is 0 Å². The van der Waals surface area contributed by atoms with Crippen molar-refractivity contribution in [2.75, 3.05) is 11.9 Å². The maximum Gasteiger partial charge on any atom is 0.411 e. The molecule has 0 saturated heterocycles. The number of halogens is 1. The van der Waals surface area contributed by atoms with E-state index in [0.717, 1.165) is 27.6 Å². The van der Waals surface area contributed by atoms with Crippen molar-refractivity contribution in [2.45, 2.75) is 25.5 Å². The predicted octanol–water partition coefficient (Wildman–Crippen LogP) is 4.57. The molecule has 182 valence electrons. The number of para-hydroxylation sites is 1. The summed E-state index contributed by atoms with van der Waals surface area (Å²) in [6.45, 7) is 0.694. The number of benzene rings is 3. The number of hydrogen-bond acceptors (Lipinski definition) is 4. The molecule has 0 fully saturated rings. The molecule has 0 aliphatic heterocycles. The summed E-state index contributed by atoms with van der Waals surface area (Å²) in [6, 6.07) is 24.3. The van der Waals surface area contributed by atoms with Gasteiger partial charge in [-0.25, -0.2) is 4.79 Å². The van der Waals surface area contributed by atoms with Crippen molar-refractivity contribution in [3.05, 3.63) is 102 Å². The Hall–Kier alpha value is -3.81. The van der Waals surface area contributed by atoms with E-state index < -0.39 is 12.1 Å². The summed E-state index contributed by atoms with van der Waals surface area (Å²) in [4.78, 5) is 27.6. The molecule has 0 radical (unpaired) electrons. The quantitative estimate of drug-likeness (QED) is 0.274. The van der Waals surface area contributed by atoms with Crippen LogP contribution in [0.15, 0.2) is 85.1 Å². The lowest BCUT2D eigenvalue weighted by atomic mass is 10.0. The Bertz CT molecular complexity index is 1240. The average Bonchev–Trinajstić information content (AvgIpc) is 3.27. The fraction of sp³-hybridized carbons (Fsp3) is 0.185. The van der Waals surface area contributed by atoms with Crippen molar-refractivity contribution in [1.82, 2.24) is 10.3 Å². The third-order valence-electron chi connectivity index (χ3n) is 5.58. The minimum Gasteiger partial charge on any atom is -0.444 e. The molecule has 0 aliphatic carbocycles. The average molecular weight is 493 g/mol. The third-order valence-corrected chi connectivity index (χ3v) is 5.58. The van der Waals surface area contributed by atoms with Crippen molar-refractivity contribution in [3.63, 3.8) is 0 Å². The van der Waals surface area contributed by atoms with Gasteiger partial charge in [0.1, 0.15) is 6.61 Å². The summed E-state index contributed by atoms with van der Waals surface area (Å²) < 4.78 is 5.23. The molecule has 35 heavy (non-hydrogen) atoms. The lowest BCUT2D eigenvalue weighted by molar-refractivity contribution is -0.122. The summed E-state index contributed by atoms with van der Waals surface area (Å²) in [7, 11) is 0. The van der Waals surface area contributed by atoms with Crippen molar-refractivity contribution >= 4 is 41.0 Å². The fourth-order valence-corrected chi connectivity index (χ4v) is 3.72. The molecule has 1 aromatic heterocycles. The molecule has 0 saturated carbocycles. The number of fused-ring (bicyclic) bond motifs is 1. The largest absolute Gasteiger partial charge is 0.444 e. The maximum absolute atomic E-state index is 12.4. The lowest BCUT2D eigenvalue weighted by Crippen LogP contribution is -2.42. The van der Waals surface area contributed by atoms with Crippen LogP contribution < -0.4 is 16.4 Å². The van der Waals surface area contributed by atoms with Crippen LogP contribution in [0.25, 0.3) is 10.9 Å². The Labute approximate surface area is 210 Å². The number of ether oxygens (including phenoxy) is 1. The molecule has 4 rings (SSSR count). The van der Waals surface area contributed by atoms with Crippen LogP contribution in [0, 0.1) is 0 Å². The van der Waals surface area contributed by atoms with Gasteiger partial charge in [0.15, 0.2) is 0 Å². The normalized spacial score (nSPS) is 11.3. The standard InChI is InChI=1S/C27H28N4O3.ClH/c28-24(16-21-17-30-25-9-5-4-8-23(21)25)26(32)29-15-14-19-10-12-22(13-11-19)31-27(33)34-18-20-6-2-1-3-7-20;/h1-13,17,24,30H,14-16,18,28H2,(H,29,32)(H,31,33);1H/t24-;/m0./s1. The number of aromatic amines is 1. The molecular weight excluding hydrogens is 464 g/mol. The van der Waals surface area contributed by atoms with Gasteiger partial charge in [0, 0.05) is 29.3 Å². The number of rotatable bonds is 9. The van der Waals surface area contributed by atoms with Crippen LogP contribution in [-0.2, 0) is 29.0 Å². The second-order valence-corrected chi connectivity index (χ2v) is 8.09. The van der Waals surface area contributed by atoms with Crippen LogP contribution in [0.5, 0.6) is 0 Å². The summed E-state index contributed by atoms with van der Waals surface area (Å²) in [5, 5.41) is 6.71. The molecular formula is C27H29ClN4O3. The maximum atomic E-state index is 12.4. The topological polar surface area (TPSA) is 109 Å². The molecule has 8 heteroatoms. The smallest absolute Gasteiger partial charge is 0.411 e. The molecule has 3 aromatic carbocycles. The number of nitrogens with one attached hydrogen (secondary N) is 3. The number of carbonyl (C=O) groups is 2. The Morgan fingerprint density at radius 1 is 0.914 bits per heavy atom. The van der Waals surface area contributed by atoms with Crippen molar-refractivity contribution < 1.29 is 14.3 Å². The van der Waals surface area contributed by atoms with Crippen LogP contribution in [0.3, 0.4) is 0 Å². The number of hydrogen-bond donors (Lipinski definition) is 4. The van der Waals surface area contributed by atoms with Gasteiger partial charge in [-0.05, 0) is 47.7 Å². The Kier molecular flexibility index (Phi) is 9.29. The monoisotopic (exact) mass is 492 g/mol. The van der Waals surface area contributed by atoms with E-state index in [1.165, 1.54) is 0 Å². The van der Waals surface area contributed by atoms with E-state index in [2.05, 4.69) is 15.6 Å². The fourth-order valence-electron chi connectivity index (χ4n) is 3.72. The van der Waals surface area contributed by atoms with E-state index >= 15 is 0 Å². The number of carbonyl (C=O) groups excluding carboxylic acids is 2. The molecule has 4 aromatic rings. The van der Waals surface area contributed by atoms with Crippen LogP contribution in [0.4, 0.5) is 10.5 Å². The van der Waals surface area contributed by atoms with E-state index in [9.17, 15) is 9.59 Å². The van der Waals surface area contributed by atoms with Gasteiger partial charge in [-0.3, -0.25) is 10.1 Å². The second-order valence-electron chi connectivity index (χ2n) is 8.09. The first-order chi connectivity index (χ1) is 16.6. The zero-order valence-electron chi connectivity index (χ0n) is 19.2. The van der Waals surface area contributed by atoms with Gasteiger partial charge in [0.05, 0.1) is 6.04 Å². The minimum absolute atomic E-state index is 0. The molecule has 0 unspecified atom stereocenters. The number of amides is 2. The van der Waals surface area contributed by atoms with Gasteiger partial charge >= 0.3 is 6.09 Å². The first-order valence-electron chi connectivity index (χ1n) is 11.2. The Morgan fingerprint density at radius 3 is 2.40 bits per heavy atom. The molecule has 1 atom stereocenters. The van der Waals surface area contributed by atoms with Crippen LogP contribution in [0.2, 0.25) is 0 Å². The first kappa shape index (κ1) is 25.8. The number of anilines is 1. The summed E-state index contributed by atoms with van der Waals surface area (Å²) >= 11 is 0. The highest BCUT2D eigenvalue weighted by atomic mass is 35.5. The first-order valence-corrected chi connectivity index (χ1v) is 11.2. The number of nitrogens with two attached hydrogens (primary N) is 1. The Morgan fingerprint density at radius 2 is 1.63 bits per heavy atom. The van der Waals surface area contributed by atoms with Gasteiger partial charge in [-0.15, -0.1) is 12.4 Å². The van der Waals surface area contributed by atoms with Crippen molar-refractivity contribution in [2.24, 2.45) is 5.73 Å². The van der Waals surface area contributed by atoms with E-state index in [-0.39, 0.29) is 24.9 Å². The second kappa shape index (κ2) is 12.6. The molecule has 1 heterocycles. The van der Waals surface area contributed by atoms with Gasteiger partial charge in [-0.1, -0.05) is 60.7 Å². The molecule has 0 bridgehead atoms. The molecule has 2 amide bonds. The SMILES string of the molecule is Cl.N[C@@H](Cc1c[nH]c2ccccc12)C(=O)NCCc1ccc(NC(=O)OCc2ccccc2)cc1. The van der Waals surface area contributed by atoms with Crippen molar-refractivity contribution in [1.29, 1.82) is 0 Å². The minimum atomic E-state index is -0.618. The summed E-state index contributed by atoms with van der Waals surface area (Å²) in [6.07, 6.45) is 2.53. The van der Waals surface area contributed by atoms with E-state index in [1.807, 2.05) is 85.1 Å². The molecule has 7 nitrogen and oxygen atoms in total. The lowest BCUT2D eigenvalue weighted by Gasteiger charge is -2.12. The predicted molar refractivity (Wildman–Crippen MR) is 141 cm³/mol. The highest BCUT2D eigenvalue weighted by Crippen LogP contribution is 2.18. The highest BCUT2D eigenvalue weighted by molar-refractivity contribution is 5.86. The number of H-pyrrole nitrogens is 1. The van der Waals surface area contributed by atoms with E-state index in [1.54, 1.807) is 0 Å². The van der Waals surface area contributed by atoms with E-state index in [4.69, 9.17) is 10.5 Å². The van der Waals surface area contributed by atoms with Gasteiger partial charge in [-0.2, -0.15) is 0 Å². The van der Waals surface area contributed by atoms with Gasteiger partial charge < -0.3 is 20.8 Å². The summed E-state index contributed by atoms with van der Waals surface area (Å²) in [5.74, 6) is -0.176. The van der Waals surface area contributed by atoms with Gasteiger partial charge in [0.25, 0.3) is 0 Å². The highest BCUT2D eigenvalue weighted by Gasteiger charge is 2.15. The van der Waals surface area contributed by atoms with Crippen LogP contribution in [-0.4, -0.2) is 29.6 Å². The molecule has 0 spiro atoms. The number of aromatic nitrogens is 1. The molecule has 0 aliphatic rings. The van der Waals surface area contributed by atoms with Gasteiger partial charge in [0.2, 0.25) is 5.91 Å². The van der Waals surface area contributed by atoms with Crippen LogP contribution >= 0.6 is 12.4 Å². The zero-order chi connectivity index (χ0) is 23.8. The molecule has 5 N–H and O–H groups in total. The zero-order valence-corrected chi connectivity index (χ0v) is 20.0. The third kappa shape index (κ3) is 7.34. The summed E-state index contributed by atoms with van der Waals surface area (Å²) in [5.41, 5.74) is 10.8. The van der Waals surface area contributed by atoms with Crippen LogP contribution in [0.1, 0.15) is 16.7 Å². The Balaban J connectivity index is 0.00000342. The van der Waals surface area contributed by atoms with E-state index in [0.29, 0.717) is 25.1 Å².